The van der Waals surface area contributed by atoms with Crippen LogP contribution in [0, 0.1) is 6.92 Å². The van der Waals surface area contributed by atoms with Crippen LogP contribution in [0.15, 0.2) is 238 Å². The number of hydrogen-bond donors (Lipinski definition) is 0. The zero-order valence-corrected chi connectivity index (χ0v) is 39.5. The summed E-state index contributed by atoms with van der Waals surface area (Å²) in [5.74, 6) is 3.72. The van der Waals surface area contributed by atoms with Crippen LogP contribution in [0.4, 0.5) is 0 Å². The minimum absolute atomic E-state index is 0.142. The third-order valence-corrected chi connectivity index (χ3v) is 15.8. The van der Waals surface area contributed by atoms with Gasteiger partial charge in [-0.05, 0) is 152 Å². The van der Waals surface area contributed by atoms with E-state index >= 15 is 0 Å². The summed E-state index contributed by atoms with van der Waals surface area (Å²) in [7, 11) is -5.50. The molecule has 0 bridgehead atoms. The van der Waals surface area contributed by atoms with E-state index < -0.39 is 19.7 Å². The molecule has 0 saturated carbocycles. The fraction of sp³-hybridized carbons (Fsp3) is 0.0345. The number of nitrogens with zero attached hydrogens (tertiary/aromatic N) is 4. The van der Waals surface area contributed by atoms with Gasteiger partial charge in [-0.1, -0.05) is 90.5 Å². The molecule has 0 atom stereocenters. The lowest BCUT2D eigenvalue weighted by Crippen LogP contribution is -2.04. The second kappa shape index (κ2) is 17.8. The first-order chi connectivity index (χ1) is 34.0. The van der Waals surface area contributed by atoms with Gasteiger partial charge < -0.3 is 14.0 Å². The van der Waals surface area contributed by atoms with Crippen molar-refractivity contribution in [2.75, 3.05) is 0 Å². The molecular weight excluding hydrogens is 913 g/mol. The Labute approximate surface area is 405 Å². The Morgan fingerprint density at radius 1 is 0.386 bits per heavy atom. The predicted molar refractivity (Wildman–Crippen MR) is 273 cm³/mol. The first kappa shape index (κ1) is 44.0. The van der Waals surface area contributed by atoms with Gasteiger partial charge in [-0.15, -0.1) is 0 Å². The summed E-state index contributed by atoms with van der Waals surface area (Å²) in [6.45, 7) is 1.91. The maximum atomic E-state index is 14.0. The van der Waals surface area contributed by atoms with E-state index in [9.17, 15) is 16.8 Å². The van der Waals surface area contributed by atoms with Gasteiger partial charge in [0.1, 0.15) is 34.6 Å². The molecule has 0 amide bonds. The number of ether oxygens (including phenoxy) is 2. The average molecular weight is 955 g/mol. The fourth-order valence-electron chi connectivity index (χ4n) is 8.57. The largest absolute Gasteiger partial charge is 0.457 e. The second-order valence-corrected chi connectivity index (χ2v) is 20.7. The van der Waals surface area contributed by atoms with Crippen LogP contribution in [0.5, 0.6) is 23.0 Å². The van der Waals surface area contributed by atoms with Crippen LogP contribution in [0.3, 0.4) is 0 Å². The molecule has 0 fully saturated rings. The minimum atomic E-state index is -3.88. The number of para-hydroxylation sites is 4. The number of hydrogen-bond acceptors (Lipinski definition) is 8. The van der Waals surface area contributed by atoms with Gasteiger partial charge in [0.15, 0.2) is 0 Å². The van der Waals surface area contributed by atoms with Gasteiger partial charge in [-0.25, -0.2) is 26.8 Å². The molecule has 0 aliphatic carbocycles. The van der Waals surface area contributed by atoms with Crippen LogP contribution in [0.25, 0.3) is 61.7 Å². The summed E-state index contributed by atoms with van der Waals surface area (Å²) < 4.78 is 70.4. The summed E-state index contributed by atoms with van der Waals surface area (Å²) in [5.41, 5.74) is 9.10. The van der Waals surface area contributed by atoms with Crippen LogP contribution in [-0.2, 0) is 26.7 Å². The molecule has 9 aromatic carbocycles. The van der Waals surface area contributed by atoms with Gasteiger partial charge in [0.25, 0.3) is 0 Å². The van der Waals surface area contributed by atoms with Gasteiger partial charge >= 0.3 is 0 Å². The Balaban J connectivity index is 0.765. The lowest BCUT2D eigenvalue weighted by atomic mass is 10.1. The Morgan fingerprint density at radius 3 is 1.21 bits per heavy atom. The monoisotopic (exact) mass is 954 g/mol. The van der Waals surface area contributed by atoms with Crippen molar-refractivity contribution in [1.82, 2.24) is 19.1 Å². The summed E-state index contributed by atoms with van der Waals surface area (Å²) in [5, 5.41) is 0. The fourth-order valence-corrected chi connectivity index (χ4v) is 11.1. The van der Waals surface area contributed by atoms with Crippen LogP contribution < -0.4 is 9.47 Å². The van der Waals surface area contributed by atoms with E-state index in [1.54, 1.807) is 84.9 Å². The molecule has 70 heavy (non-hydrogen) atoms. The molecule has 12 heteroatoms. The zero-order valence-electron chi connectivity index (χ0n) is 37.8. The molecule has 342 valence electrons. The van der Waals surface area contributed by atoms with Crippen molar-refractivity contribution in [2.24, 2.45) is 7.05 Å². The molecule has 0 unspecified atom stereocenters. The van der Waals surface area contributed by atoms with Crippen molar-refractivity contribution in [3.63, 3.8) is 0 Å². The number of aryl methyl sites for hydroxylation is 2. The van der Waals surface area contributed by atoms with Crippen molar-refractivity contribution in [2.45, 2.75) is 26.5 Å². The van der Waals surface area contributed by atoms with E-state index in [1.165, 1.54) is 0 Å². The van der Waals surface area contributed by atoms with E-state index in [4.69, 9.17) is 19.4 Å². The maximum Gasteiger partial charge on any atom is 0.206 e. The molecule has 2 heterocycles. The van der Waals surface area contributed by atoms with Crippen LogP contribution in [0.2, 0.25) is 0 Å². The van der Waals surface area contributed by atoms with E-state index in [0.717, 1.165) is 61.4 Å². The molecule has 0 N–H and O–H groups in total. The van der Waals surface area contributed by atoms with Gasteiger partial charge in [0.05, 0.1) is 41.6 Å². The number of aromatic nitrogens is 4. The Bertz CT molecular complexity index is 3940. The van der Waals surface area contributed by atoms with Crippen LogP contribution in [0.1, 0.15) is 5.56 Å². The lowest BCUT2D eigenvalue weighted by Gasteiger charge is -2.14. The highest BCUT2D eigenvalue weighted by molar-refractivity contribution is 7.91. The molecular formula is C58H42N4O6S2. The van der Waals surface area contributed by atoms with E-state index in [0.29, 0.717) is 28.8 Å². The predicted octanol–water partition coefficient (Wildman–Crippen LogP) is 13.5. The lowest BCUT2D eigenvalue weighted by molar-refractivity contribution is 0.481. The molecule has 10 nitrogen and oxygen atoms in total. The quantitative estimate of drug-likeness (QED) is 0.119. The number of sulfone groups is 2. The Kier molecular flexibility index (Phi) is 11.2. The second-order valence-electron chi connectivity index (χ2n) is 16.8. The number of imidazole rings is 2. The Morgan fingerprint density at radius 2 is 0.743 bits per heavy atom. The smallest absolute Gasteiger partial charge is 0.206 e. The summed E-state index contributed by atoms with van der Waals surface area (Å²) in [4.78, 5) is 10.8. The molecule has 0 radical (unpaired) electrons. The van der Waals surface area contributed by atoms with E-state index in [2.05, 4.69) is 21.3 Å². The Hall–Kier alpha value is -8.58. The van der Waals surface area contributed by atoms with Gasteiger partial charge in [-0.3, -0.25) is 4.57 Å². The molecule has 0 spiro atoms. The highest BCUT2D eigenvalue weighted by atomic mass is 32.2. The molecule has 0 aliphatic rings. The van der Waals surface area contributed by atoms with Crippen LogP contribution in [-0.4, -0.2) is 35.9 Å². The molecule has 0 aliphatic heterocycles. The number of rotatable bonds is 12. The van der Waals surface area contributed by atoms with Gasteiger partial charge in [0, 0.05) is 23.9 Å². The molecule has 11 aromatic rings. The van der Waals surface area contributed by atoms with Crippen molar-refractivity contribution >= 4 is 41.7 Å². The van der Waals surface area contributed by atoms with Crippen molar-refractivity contribution in [3.8, 4) is 62.6 Å². The first-order valence-corrected chi connectivity index (χ1v) is 25.4. The third-order valence-electron chi connectivity index (χ3n) is 12.3. The standard InChI is InChI=1S/C58H42N4O6S2/c1-39-15-31-47(32-16-39)69(63,64)49-35-27-45(28-36-49)67-43-23-17-40(18-24-43)41-19-25-44(26-20-41)68-46-29-37-50(38-30-46)70(65,66)48-33-21-42(22-34-48)62-56-14-8-6-12-54(56)60-58(62)52-10-4-3-9-51(52)57-59-53-11-5-7-13-55(53)61(57)2/h3-38H,1-2H3. The molecule has 0 saturated heterocycles. The topological polar surface area (TPSA) is 122 Å². The van der Waals surface area contributed by atoms with Gasteiger partial charge in [-0.2, -0.15) is 0 Å². The van der Waals surface area contributed by atoms with E-state index in [-0.39, 0.29) is 19.6 Å². The summed E-state index contributed by atoms with van der Waals surface area (Å²) >= 11 is 0. The van der Waals surface area contributed by atoms with Crippen molar-refractivity contribution < 1.29 is 26.3 Å². The number of fused-ring (bicyclic) bond motifs is 2. The van der Waals surface area contributed by atoms with Crippen molar-refractivity contribution in [1.29, 1.82) is 0 Å². The maximum absolute atomic E-state index is 14.0. The van der Waals surface area contributed by atoms with Crippen LogP contribution >= 0.6 is 0 Å². The number of benzene rings is 9. The molecule has 11 rings (SSSR count). The molecule has 2 aromatic heterocycles. The highest BCUT2D eigenvalue weighted by Crippen LogP contribution is 2.37. The van der Waals surface area contributed by atoms with Gasteiger partial charge in [0.2, 0.25) is 19.7 Å². The summed E-state index contributed by atoms with van der Waals surface area (Å²) in [6, 6.07) is 65.7. The minimum Gasteiger partial charge on any atom is -0.457 e. The van der Waals surface area contributed by atoms with Crippen molar-refractivity contribution in [3.05, 3.63) is 224 Å². The average Bonchev–Trinajstić information content (AvgIpc) is 3.95. The zero-order chi connectivity index (χ0) is 48.0. The third kappa shape index (κ3) is 8.29. The highest BCUT2D eigenvalue weighted by Gasteiger charge is 2.23. The summed E-state index contributed by atoms with van der Waals surface area (Å²) in [6.07, 6.45) is 0. The SMILES string of the molecule is Cc1ccc(S(=O)(=O)c2ccc(Oc3ccc(-c4ccc(Oc5ccc(S(=O)(=O)c6ccc(-n7c(-c8ccccc8-c8nc9ccccc9n8C)nc8ccccc87)cc6)cc5)cc4)cc3)cc2)cc1. The van der Waals surface area contributed by atoms with E-state index in [1.807, 2.05) is 135 Å². The first-order valence-electron chi connectivity index (χ1n) is 22.4. The normalized spacial score (nSPS) is 11.8.